The van der Waals surface area contributed by atoms with Crippen LogP contribution in [0, 0.1) is 18.7 Å². The van der Waals surface area contributed by atoms with Crippen LogP contribution in [-0.4, -0.2) is 25.4 Å². The molecule has 5 rings (SSSR count). The van der Waals surface area contributed by atoms with Crippen LogP contribution >= 0.6 is 0 Å². The summed E-state index contributed by atoms with van der Waals surface area (Å²) in [4.78, 5) is 24.5. The first-order valence-corrected chi connectivity index (χ1v) is 9.65. The summed E-state index contributed by atoms with van der Waals surface area (Å²) in [5.74, 6) is 1.21. The third-order valence-electron chi connectivity index (χ3n) is 5.55. The number of nitrogens with one attached hydrogen (secondary N) is 2. The number of aromatic nitrogens is 4. The van der Waals surface area contributed by atoms with Gasteiger partial charge in [-0.15, -0.1) is 0 Å². The predicted molar refractivity (Wildman–Crippen MR) is 109 cm³/mol. The molecule has 1 unspecified atom stereocenters. The number of carbonyl (C=O) groups excluding carboxylic acids is 1. The van der Waals surface area contributed by atoms with Crippen molar-refractivity contribution in [2.24, 2.45) is 5.92 Å². The SMILES string of the molecule is Cc1ncc2n1CCC(C(=O)Nc1ccc(-c3nc4c(F)cccc4[nH]3)cc1)C2. The van der Waals surface area contributed by atoms with E-state index in [-0.39, 0.29) is 17.6 Å². The molecule has 1 aliphatic heterocycles. The fourth-order valence-corrected chi connectivity index (χ4v) is 3.94. The third kappa shape index (κ3) is 3.18. The van der Waals surface area contributed by atoms with Crippen molar-refractivity contribution in [3.05, 3.63) is 66.0 Å². The topological polar surface area (TPSA) is 75.6 Å². The largest absolute Gasteiger partial charge is 0.338 e. The molecule has 4 aromatic rings. The Hall–Kier alpha value is -3.48. The monoisotopic (exact) mass is 389 g/mol. The summed E-state index contributed by atoms with van der Waals surface area (Å²) in [6.45, 7) is 2.81. The van der Waals surface area contributed by atoms with Crippen molar-refractivity contribution in [2.45, 2.75) is 26.3 Å². The van der Waals surface area contributed by atoms with Crippen LogP contribution in [0.1, 0.15) is 17.9 Å². The molecule has 2 aromatic heterocycles. The second-order valence-corrected chi connectivity index (χ2v) is 7.43. The minimum atomic E-state index is -0.349. The Morgan fingerprint density at radius 3 is 2.86 bits per heavy atom. The first kappa shape index (κ1) is 17.6. The van der Waals surface area contributed by atoms with Crippen LogP contribution in [0.4, 0.5) is 10.1 Å². The van der Waals surface area contributed by atoms with E-state index in [2.05, 4.69) is 24.8 Å². The van der Waals surface area contributed by atoms with Gasteiger partial charge in [0, 0.05) is 42.0 Å². The minimum Gasteiger partial charge on any atom is -0.338 e. The zero-order valence-corrected chi connectivity index (χ0v) is 15.9. The summed E-state index contributed by atoms with van der Waals surface area (Å²) in [6.07, 6.45) is 3.37. The number of carbonyl (C=O) groups is 1. The Balaban J connectivity index is 1.30. The fraction of sp³-hybridized carbons (Fsp3) is 0.227. The van der Waals surface area contributed by atoms with Gasteiger partial charge in [0.2, 0.25) is 5.91 Å². The molecule has 0 fully saturated rings. The molecular weight excluding hydrogens is 369 g/mol. The lowest BCUT2D eigenvalue weighted by Crippen LogP contribution is -2.30. The number of para-hydroxylation sites is 1. The second-order valence-electron chi connectivity index (χ2n) is 7.43. The maximum absolute atomic E-state index is 13.9. The van der Waals surface area contributed by atoms with Gasteiger partial charge in [-0.05, 0) is 49.7 Å². The number of aryl methyl sites for hydroxylation is 1. The molecule has 1 aliphatic rings. The van der Waals surface area contributed by atoms with Gasteiger partial charge in [0.25, 0.3) is 0 Å². The summed E-state index contributed by atoms with van der Waals surface area (Å²) < 4.78 is 16.0. The van der Waals surface area contributed by atoms with Crippen LogP contribution in [0.5, 0.6) is 0 Å². The lowest BCUT2D eigenvalue weighted by Gasteiger charge is -2.23. The molecule has 1 atom stereocenters. The van der Waals surface area contributed by atoms with Gasteiger partial charge < -0.3 is 14.9 Å². The summed E-state index contributed by atoms with van der Waals surface area (Å²) in [7, 11) is 0. The highest BCUT2D eigenvalue weighted by Crippen LogP contribution is 2.25. The number of halogens is 1. The van der Waals surface area contributed by atoms with Crippen molar-refractivity contribution in [1.82, 2.24) is 19.5 Å². The molecule has 2 aromatic carbocycles. The maximum atomic E-state index is 13.9. The van der Waals surface area contributed by atoms with Gasteiger partial charge in [0.15, 0.2) is 5.82 Å². The van der Waals surface area contributed by atoms with Gasteiger partial charge in [-0.25, -0.2) is 14.4 Å². The van der Waals surface area contributed by atoms with E-state index in [9.17, 15) is 9.18 Å². The quantitative estimate of drug-likeness (QED) is 0.554. The molecule has 1 amide bonds. The van der Waals surface area contributed by atoms with Crippen molar-refractivity contribution >= 4 is 22.6 Å². The van der Waals surface area contributed by atoms with E-state index in [1.165, 1.54) is 6.07 Å². The summed E-state index contributed by atoms with van der Waals surface area (Å²) in [6, 6.07) is 12.3. The molecule has 146 valence electrons. The molecule has 0 spiro atoms. The number of imidazole rings is 2. The van der Waals surface area contributed by atoms with Crippen molar-refractivity contribution < 1.29 is 9.18 Å². The number of fused-ring (bicyclic) bond motifs is 2. The third-order valence-corrected chi connectivity index (χ3v) is 5.55. The number of anilines is 1. The standard InChI is InChI=1S/C22H20FN5O/c1-13-24-12-17-11-15(9-10-28(13)17)22(29)25-16-7-5-14(6-8-16)21-26-19-4-2-3-18(23)20(19)27-21/h2-8,12,15H,9-11H2,1H3,(H,25,29)(H,26,27). The highest BCUT2D eigenvalue weighted by molar-refractivity contribution is 5.93. The number of benzene rings is 2. The average molecular weight is 389 g/mol. The minimum absolute atomic E-state index is 0.0219. The molecule has 0 saturated carbocycles. The molecular formula is C22H20FN5O. The number of amides is 1. The van der Waals surface area contributed by atoms with Crippen LogP contribution in [0.3, 0.4) is 0 Å². The zero-order valence-electron chi connectivity index (χ0n) is 15.9. The molecule has 0 aliphatic carbocycles. The van der Waals surface area contributed by atoms with Crippen LogP contribution in [0.25, 0.3) is 22.4 Å². The van der Waals surface area contributed by atoms with Crippen LogP contribution in [0.2, 0.25) is 0 Å². The molecule has 3 heterocycles. The van der Waals surface area contributed by atoms with Crippen molar-refractivity contribution in [3.63, 3.8) is 0 Å². The molecule has 2 N–H and O–H groups in total. The lowest BCUT2D eigenvalue weighted by molar-refractivity contribution is -0.120. The van der Waals surface area contributed by atoms with Gasteiger partial charge in [-0.1, -0.05) is 6.07 Å². The number of nitrogens with zero attached hydrogens (tertiary/aromatic N) is 3. The average Bonchev–Trinajstić information content (AvgIpc) is 3.33. The normalized spacial score (nSPS) is 16.0. The van der Waals surface area contributed by atoms with E-state index >= 15 is 0 Å². The van der Waals surface area contributed by atoms with Crippen LogP contribution < -0.4 is 5.32 Å². The Morgan fingerprint density at radius 2 is 2.07 bits per heavy atom. The summed E-state index contributed by atoms with van der Waals surface area (Å²) >= 11 is 0. The zero-order chi connectivity index (χ0) is 20.0. The van der Waals surface area contributed by atoms with Crippen molar-refractivity contribution in [1.29, 1.82) is 0 Å². The molecule has 0 bridgehead atoms. The molecule has 7 heteroatoms. The Labute approximate surface area is 166 Å². The molecule has 0 saturated heterocycles. The Morgan fingerprint density at radius 1 is 1.24 bits per heavy atom. The van der Waals surface area contributed by atoms with E-state index in [4.69, 9.17) is 0 Å². The highest BCUT2D eigenvalue weighted by atomic mass is 19.1. The Kier molecular flexibility index (Phi) is 4.16. The number of rotatable bonds is 3. The van der Waals surface area contributed by atoms with Gasteiger partial charge >= 0.3 is 0 Å². The van der Waals surface area contributed by atoms with Crippen LogP contribution in [0.15, 0.2) is 48.7 Å². The number of aromatic amines is 1. The number of H-pyrrole nitrogens is 1. The van der Waals surface area contributed by atoms with E-state index in [0.29, 0.717) is 23.3 Å². The van der Waals surface area contributed by atoms with Gasteiger partial charge in [-0.3, -0.25) is 4.79 Å². The number of hydrogen-bond acceptors (Lipinski definition) is 3. The summed E-state index contributed by atoms with van der Waals surface area (Å²) in [5, 5.41) is 3.00. The first-order chi connectivity index (χ1) is 14.1. The fourth-order valence-electron chi connectivity index (χ4n) is 3.94. The van der Waals surface area contributed by atoms with E-state index in [1.807, 2.05) is 37.4 Å². The Bertz CT molecular complexity index is 1210. The first-order valence-electron chi connectivity index (χ1n) is 9.65. The van der Waals surface area contributed by atoms with E-state index in [1.54, 1.807) is 12.1 Å². The maximum Gasteiger partial charge on any atom is 0.227 e. The number of hydrogen-bond donors (Lipinski definition) is 2. The van der Waals surface area contributed by atoms with Gasteiger partial charge in [-0.2, -0.15) is 0 Å². The smallest absolute Gasteiger partial charge is 0.227 e. The molecule has 29 heavy (non-hydrogen) atoms. The molecule has 6 nitrogen and oxygen atoms in total. The highest BCUT2D eigenvalue weighted by Gasteiger charge is 2.26. The van der Waals surface area contributed by atoms with Crippen LogP contribution in [-0.2, 0) is 17.8 Å². The van der Waals surface area contributed by atoms with Crippen molar-refractivity contribution in [2.75, 3.05) is 5.32 Å². The summed E-state index contributed by atoms with van der Waals surface area (Å²) in [5.41, 5.74) is 3.66. The molecule has 0 radical (unpaired) electrons. The second kappa shape index (κ2) is 6.84. The van der Waals surface area contributed by atoms with E-state index < -0.39 is 0 Å². The van der Waals surface area contributed by atoms with Gasteiger partial charge in [0.05, 0.1) is 5.52 Å². The van der Waals surface area contributed by atoms with Crippen molar-refractivity contribution in [3.8, 4) is 11.4 Å². The van der Waals surface area contributed by atoms with E-state index in [0.717, 1.165) is 35.7 Å². The lowest BCUT2D eigenvalue weighted by atomic mass is 9.95. The predicted octanol–water partition coefficient (Wildman–Crippen LogP) is 4.08. The van der Waals surface area contributed by atoms with Gasteiger partial charge in [0.1, 0.15) is 17.2 Å².